The Morgan fingerprint density at radius 2 is 1.83 bits per heavy atom. The lowest BCUT2D eigenvalue weighted by Crippen LogP contribution is -2.38. The number of nitrogens with zero attached hydrogens (tertiary/aromatic N) is 1. The van der Waals surface area contributed by atoms with E-state index >= 15 is 0 Å². The van der Waals surface area contributed by atoms with E-state index < -0.39 is 0 Å². The van der Waals surface area contributed by atoms with Crippen molar-refractivity contribution >= 4 is 40.9 Å². The summed E-state index contributed by atoms with van der Waals surface area (Å²) in [6.45, 7) is 3.26. The second-order valence-corrected chi connectivity index (χ2v) is 6.27. The molecule has 3 amide bonds. The molecule has 0 spiro atoms. The number of amides is 3. The minimum Gasteiger partial charge on any atom is -0.336 e. The first kappa shape index (κ1) is 19.0. The molecule has 0 saturated carbocycles. The predicted molar refractivity (Wildman–Crippen MR) is 94.6 cm³/mol. The van der Waals surface area contributed by atoms with Crippen LogP contribution in [-0.4, -0.2) is 48.2 Å². The van der Waals surface area contributed by atoms with Crippen LogP contribution in [0.4, 0.5) is 11.4 Å². The summed E-state index contributed by atoms with van der Waals surface area (Å²) >= 11 is 1.60. The average molecular weight is 337 g/mol. The molecule has 6 nitrogen and oxygen atoms in total. The van der Waals surface area contributed by atoms with Crippen LogP contribution in [0.3, 0.4) is 0 Å². The number of nitrogens with one attached hydrogen (secondary N) is 2. The van der Waals surface area contributed by atoms with E-state index in [-0.39, 0.29) is 30.2 Å². The van der Waals surface area contributed by atoms with Crippen LogP contribution in [0.5, 0.6) is 0 Å². The quantitative estimate of drug-likeness (QED) is 0.798. The maximum absolute atomic E-state index is 12.1. The van der Waals surface area contributed by atoms with E-state index in [0.29, 0.717) is 11.4 Å². The highest BCUT2D eigenvalue weighted by atomic mass is 32.2. The molecule has 126 valence electrons. The molecule has 0 fully saturated rings. The van der Waals surface area contributed by atoms with Crippen LogP contribution in [0, 0.1) is 5.92 Å². The third kappa shape index (κ3) is 6.73. The molecule has 0 heterocycles. The zero-order valence-electron chi connectivity index (χ0n) is 13.9. The highest BCUT2D eigenvalue weighted by Crippen LogP contribution is 2.15. The Kier molecular flexibility index (Phi) is 7.61. The van der Waals surface area contributed by atoms with Gasteiger partial charge in [-0.15, -0.1) is 0 Å². The Labute approximate surface area is 141 Å². The number of carbonyl (C=O) groups excluding carboxylic acids is 3. The van der Waals surface area contributed by atoms with Crippen molar-refractivity contribution in [1.82, 2.24) is 4.90 Å². The smallest absolute Gasteiger partial charge is 0.243 e. The molecule has 1 aromatic rings. The monoisotopic (exact) mass is 337 g/mol. The summed E-state index contributed by atoms with van der Waals surface area (Å²) in [4.78, 5) is 36.6. The molecule has 2 N–H and O–H groups in total. The Bertz CT molecular complexity index is 577. The lowest BCUT2D eigenvalue weighted by Gasteiger charge is -2.20. The van der Waals surface area contributed by atoms with E-state index in [1.165, 1.54) is 11.8 Å². The lowest BCUT2D eigenvalue weighted by atomic mass is 10.2. The average Bonchev–Trinajstić information content (AvgIpc) is 2.46. The van der Waals surface area contributed by atoms with Crippen LogP contribution >= 0.6 is 11.8 Å². The van der Waals surface area contributed by atoms with Crippen LogP contribution in [0.25, 0.3) is 0 Å². The van der Waals surface area contributed by atoms with Crippen molar-refractivity contribution in [1.29, 1.82) is 0 Å². The van der Waals surface area contributed by atoms with Crippen LogP contribution < -0.4 is 10.6 Å². The molecule has 0 radical (unpaired) electrons. The molecule has 0 aliphatic carbocycles. The molecule has 1 rings (SSSR count). The van der Waals surface area contributed by atoms with Crippen molar-refractivity contribution in [2.75, 3.05) is 36.2 Å². The molecule has 23 heavy (non-hydrogen) atoms. The number of hydrogen-bond donors (Lipinski definition) is 2. The van der Waals surface area contributed by atoms with Gasteiger partial charge < -0.3 is 15.5 Å². The molecular weight excluding hydrogens is 314 g/mol. The highest BCUT2D eigenvalue weighted by molar-refractivity contribution is 7.98. The molecule has 1 aromatic carbocycles. The molecule has 0 aliphatic heterocycles. The van der Waals surface area contributed by atoms with Crippen molar-refractivity contribution in [2.24, 2.45) is 5.92 Å². The first-order valence-electron chi connectivity index (χ1n) is 7.25. The van der Waals surface area contributed by atoms with E-state index in [1.54, 1.807) is 43.1 Å². The van der Waals surface area contributed by atoms with Gasteiger partial charge in [0.1, 0.15) is 0 Å². The SMILES string of the molecule is CSC[C@H](C)C(=O)N(C)CC(=O)Nc1cccc(NC(C)=O)c1. The Balaban J connectivity index is 2.59. The maximum atomic E-state index is 12.1. The summed E-state index contributed by atoms with van der Waals surface area (Å²) in [5.41, 5.74) is 1.17. The van der Waals surface area contributed by atoms with Crippen molar-refractivity contribution in [3.05, 3.63) is 24.3 Å². The van der Waals surface area contributed by atoms with Gasteiger partial charge in [-0.2, -0.15) is 11.8 Å². The summed E-state index contributed by atoms with van der Waals surface area (Å²) in [6.07, 6.45) is 1.94. The van der Waals surface area contributed by atoms with Crippen molar-refractivity contribution in [3.8, 4) is 0 Å². The second kappa shape index (κ2) is 9.19. The summed E-state index contributed by atoms with van der Waals surface area (Å²) < 4.78 is 0. The fourth-order valence-electron chi connectivity index (χ4n) is 2.07. The van der Waals surface area contributed by atoms with Gasteiger partial charge in [0.25, 0.3) is 0 Å². The van der Waals surface area contributed by atoms with Gasteiger partial charge in [0.05, 0.1) is 6.54 Å². The lowest BCUT2D eigenvalue weighted by molar-refractivity contribution is -0.135. The summed E-state index contributed by atoms with van der Waals surface area (Å²) in [7, 11) is 1.62. The van der Waals surface area contributed by atoms with E-state index in [9.17, 15) is 14.4 Å². The molecule has 0 aliphatic rings. The summed E-state index contributed by atoms with van der Waals surface area (Å²) in [5.74, 6) is 0.0926. The predicted octanol–water partition coefficient (Wildman–Crippen LogP) is 2.04. The zero-order chi connectivity index (χ0) is 17.4. The third-order valence-electron chi connectivity index (χ3n) is 3.06. The minimum atomic E-state index is -0.280. The Morgan fingerprint density at radius 3 is 2.39 bits per heavy atom. The number of thioether (sulfide) groups is 1. The van der Waals surface area contributed by atoms with Crippen molar-refractivity contribution in [3.63, 3.8) is 0 Å². The Hall–Kier alpha value is -2.02. The van der Waals surface area contributed by atoms with Gasteiger partial charge in [-0.1, -0.05) is 13.0 Å². The first-order valence-corrected chi connectivity index (χ1v) is 8.64. The normalized spacial score (nSPS) is 11.5. The van der Waals surface area contributed by atoms with Crippen molar-refractivity contribution in [2.45, 2.75) is 13.8 Å². The molecular formula is C16H23N3O3S. The van der Waals surface area contributed by atoms with Gasteiger partial charge >= 0.3 is 0 Å². The van der Waals surface area contributed by atoms with E-state index in [2.05, 4.69) is 10.6 Å². The summed E-state index contributed by atoms with van der Waals surface area (Å²) in [5, 5.41) is 5.37. The van der Waals surface area contributed by atoms with Gasteiger partial charge in [0.15, 0.2) is 0 Å². The van der Waals surface area contributed by atoms with E-state index in [0.717, 1.165) is 5.75 Å². The van der Waals surface area contributed by atoms with Gasteiger partial charge in [-0.25, -0.2) is 0 Å². The topological polar surface area (TPSA) is 78.5 Å². The van der Waals surface area contributed by atoms with E-state index in [4.69, 9.17) is 0 Å². The molecule has 0 saturated heterocycles. The number of benzene rings is 1. The number of rotatable bonds is 7. The fourth-order valence-corrected chi connectivity index (χ4v) is 2.71. The Morgan fingerprint density at radius 1 is 1.22 bits per heavy atom. The number of carbonyl (C=O) groups is 3. The van der Waals surface area contributed by atoms with Gasteiger partial charge in [0, 0.05) is 37.0 Å². The first-order chi connectivity index (χ1) is 10.8. The second-order valence-electron chi connectivity index (χ2n) is 5.36. The van der Waals surface area contributed by atoms with Crippen LogP contribution in [-0.2, 0) is 14.4 Å². The molecule has 7 heteroatoms. The van der Waals surface area contributed by atoms with E-state index in [1.807, 2.05) is 13.2 Å². The van der Waals surface area contributed by atoms with Gasteiger partial charge in [-0.3, -0.25) is 14.4 Å². The number of anilines is 2. The fraction of sp³-hybridized carbons (Fsp3) is 0.438. The van der Waals surface area contributed by atoms with Crippen LogP contribution in [0.1, 0.15) is 13.8 Å². The number of hydrogen-bond acceptors (Lipinski definition) is 4. The number of likely N-dealkylation sites (N-methyl/N-ethyl adjacent to an activating group) is 1. The van der Waals surface area contributed by atoms with Crippen LogP contribution in [0.15, 0.2) is 24.3 Å². The van der Waals surface area contributed by atoms with Gasteiger partial charge in [0.2, 0.25) is 17.7 Å². The zero-order valence-corrected chi connectivity index (χ0v) is 14.7. The minimum absolute atomic E-state index is 0.0120. The van der Waals surface area contributed by atoms with Crippen molar-refractivity contribution < 1.29 is 14.4 Å². The summed E-state index contributed by atoms with van der Waals surface area (Å²) in [6, 6.07) is 6.85. The maximum Gasteiger partial charge on any atom is 0.243 e. The molecule has 0 bridgehead atoms. The molecule has 0 unspecified atom stereocenters. The highest BCUT2D eigenvalue weighted by Gasteiger charge is 2.19. The largest absolute Gasteiger partial charge is 0.336 e. The standard InChI is InChI=1S/C16H23N3O3S/c1-11(10-23-4)16(22)19(3)9-15(21)18-14-7-5-6-13(8-14)17-12(2)20/h5-8,11H,9-10H2,1-4H3,(H,17,20)(H,18,21)/t11-/m0/s1. The van der Waals surface area contributed by atoms with Crippen LogP contribution in [0.2, 0.25) is 0 Å². The van der Waals surface area contributed by atoms with Gasteiger partial charge in [-0.05, 0) is 24.5 Å². The third-order valence-corrected chi connectivity index (χ3v) is 3.90. The molecule has 1 atom stereocenters. The molecule has 0 aromatic heterocycles.